The van der Waals surface area contributed by atoms with Crippen LogP contribution in [0.2, 0.25) is 0 Å². The third kappa shape index (κ3) is 2.85. The van der Waals surface area contributed by atoms with Crippen LogP contribution in [0.15, 0.2) is 71.8 Å². The summed E-state index contributed by atoms with van der Waals surface area (Å²) in [6.07, 6.45) is 3.17. The highest BCUT2D eigenvalue weighted by Crippen LogP contribution is 2.25. The van der Waals surface area contributed by atoms with E-state index in [2.05, 4.69) is 5.10 Å². The number of rotatable bonds is 3. The maximum atomic E-state index is 12.9. The van der Waals surface area contributed by atoms with E-state index in [1.165, 1.54) is 23.9 Å². The molecule has 4 rings (SSSR count). The van der Waals surface area contributed by atoms with E-state index in [9.17, 15) is 14.7 Å². The Kier molecular flexibility index (Phi) is 3.97. The molecule has 0 amide bonds. The highest BCUT2D eigenvalue weighted by molar-refractivity contribution is 5.96. The Labute approximate surface area is 154 Å². The van der Waals surface area contributed by atoms with Gasteiger partial charge < -0.3 is 14.4 Å². The van der Waals surface area contributed by atoms with Crippen molar-refractivity contribution in [2.24, 2.45) is 0 Å². The number of carbonyl (C=O) groups excluding carboxylic acids is 1. The van der Waals surface area contributed by atoms with Gasteiger partial charge in [0.1, 0.15) is 17.0 Å². The number of fused-ring (bicyclic) bond motifs is 1. The second kappa shape index (κ2) is 6.45. The molecule has 0 unspecified atom stereocenters. The maximum Gasteiger partial charge on any atom is 0.341 e. The number of hydrogen-bond donors (Lipinski definition) is 1. The molecule has 0 bridgehead atoms. The molecule has 1 N–H and O–H groups in total. The first-order valence-electron chi connectivity index (χ1n) is 8.16. The van der Waals surface area contributed by atoms with Gasteiger partial charge in [-0.15, -0.1) is 0 Å². The number of pyridine rings is 1. The molecule has 7 heteroatoms. The fourth-order valence-electron chi connectivity index (χ4n) is 2.88. The Morgan fingerprint density at radius 1 is 1.00 bits per heavy atom. The van der Waals surface area contributed by atoms with Crippen molar-refractivity contribution >= 4 is 5.97 Å². The quantitative estimate of drug-likeness (QED) is 0.567. The van der Waals surface area contributed by atoms with Crippen molar-refractivity contribution < 1.29 is 14.6 Å². The summed E-state index contributed by atoms with van der Waals surface area (Å²) in [5.41, 5.74) is 1.67. The zero-order valence-electron chi connectivity index (χ0n) is 14.4. The summed E-state index contributed by atoms with van der Waals surface area (Å²) in [4.78, 5) is 25.2. The van der Waals surface area contributed by atoms with E-state index < -0.39 is 5.97 Å². The first-order chi connectivity index (χ1) is 13.1. The van der Waals surface area contributed by atoms with Gasteiger partial charge >= 0.3 is 5.97 Å². The predicted octanol–water partition coefficient (Wildman–Crippen LogP) is 2.62. The van der Waals surface area contributed by atoms with E-state index in [-0.39, 0.29) is 28.1 Å². The van der Waals surface area contributed by atoms with Gasteiger partial charge in [0.05, 0.1) is 18.4 Å². The molecule has 0 radical (unpaired) electrons. The maximum absolute atomic E-state index is 12.9. The summed E-state index contributed by atoms with van der Waals surface area (Å²) in [6, 6.07) is 15.4. The van der Waals surface area contributed by atoms with Crippen LogP contribution in [0.25, 0.3) is 22.6 Å². The van der Waals surface area contributed by atoms with Crippen molar-refractivity contribution in [3.8, 4) is 28.4 Å². The summed E-state index contributed by atoms with van der Waals surface area (Å²) in [5.74, 6) is -0.471. The zero-order chi connectivity index (χ0) is 19.0. The topological polar surface area (TPSA) is 86.4 Å². The Bertz CT molecular complexity index is 1140. The van der Waals surface area contributed by atoms with Gasteiger partial charge in [-0.25, -0.2) is 4.79 Å². The average molecular weight is 361 g/mol. The van der Waals surface area contributed by atoms with Gasteiger partial charge in [-0.2, -0.15) is 9.78 Å². The van der Waals surface area contributed by atoms with Gasteiger partial charge in [-0.3, -0.25) is 4.79 Å². The SMILES string of the molecule is COC(=O)c1cn(-c2ccc(O)cc2)cc2c(=O)n(-c3ccccc3)nc1-2. The molecule has 0 spiro atoms. The smallest absolute Gasteiger partial charge is 0.341 e. The zero-order valence-corrected chi connectivity index (χ0v) is 14.4. The molecule has 134 valence electrons. The number of phenolic OH excluding ortho intramolecular Hbond substituents is 1. The van der Waals surface area contributed by atoms with Crippen molar-refractivity contribution in [3.05, 3.63) is 82.9 Å². The van der Waals surface area contributed by atoms with E-state index in [1.54, 1.807) is 53.4 Å². The number of ether oxygens (including phenoxy) is 1. The van der Waals surface area contributed by atoms with Crippen molar-refractivity contribution in [2.45, 2.75) is 0 Å². The molecule has 0 aromatic heterocycles. The van der Waals surface area contributed by atoms with Crippen LogP contribution in [0.1, 0.15) is 10.4 Å². The minimum Gasteiger partial charge on any atom is -0.508 e. The molecule has 0 fully saturated rings. The van der Waals surface area contributed by atoms with Crippen molar-refractivity contribution in [3.63, 3.8) is 0 Å². The van der Waals surface area contributed by atoms with E-state index in [4.69, 9.17) is 4.74 Å². The number of aromatic hydroxyl groups is 1. The number of benzene rings is 2. The molecule has 0 aliphatic carbocycles. The predicted molar refractivity (Wildman–Crippen MR) is 98.8 cm³/mol. The van der Waals surface area contributed by atoms with E-state index in [0.717, 1.165) is 0 Å². The summed E-state index contributed by atoms with van der Waals surface area (Å²) in [7, 11) is 1.28. The fraction of sp³-hybridized carbons (Fsp3) is 0.0500. The summed E-state index contributed by atoms with van der Waals surface area (Å²) < 4.78 is 7.76. The fourth-order valence-corrected chi connectivity index (χ4v) is 2.88. The molecule has 2 heterocycles. The lowest BCUT2D eigenvalue weighted by molar-refractivity contribution is 0.0600. The Morgan fingerprint density at radius 3 is 2.37 bits per heavy atom. The molecule has 2 aliphatic rings. The normalized spacial score (nSPS) is 10.9. The van der Waals surface area contributed by atoms with Gasteiger partial charge in [0.2, 0.25) is 0 Å². The Morgan fingerprint density at radius 2 is 1.70 bits per heavy atom. The second-order valence-electron chi connectivity index (χ2n) is 5.90. The van der Waals surface area contributed by atoms with Crippen LogP contribution in [0, 0.1) is 0 Å². The summed E-state index contributed by atoms with van der Waals surface area (Å²) in [5, 5.41) is 13.8. The van der Waals surface area contributed by atoms with Crippen LogP contribution in [0.4, 0.5) is 0 Å². The molecule has 7 nitrogen and oxygen atoms in total. The van der Waals surface area contributed by atoms with Gasteiger partial charge in [-0.05, 0) is 36.4 Å². The lowest BCUT2D eigenvalue weighted by Crippen LogP contribution is -2.15. The van der Waals surface area contributed by atoms with Crippen LogP contribution >= 0.6 is 0 Å². The van der Waals surface area contributed by atoms with Gasteiger partial charge in [0.25, 0.3) is 5.56 Å². The number of esters is 1. The minimum absolute atomic E-state index is 0.120. The van der Waals surface area contributed by atoms with Crippen LogP contribution in [0.3, 0.4) is 0 Å². The lowest BCUT2D eigenvalue weighted by Gasteiger charge is -2.11. The standard InChI is InChI=1S/C20H15N3O4/c1-27-20(26)17-12-22(13-7-9-15(24)10-8-13)11-16-18(17)21-23(19(16)25)14-5-3-2-4-6-14/h2-12,24H,1H3. The Balaban J connectivity index is 1.99. The van der Waals surface area contributed by atoms with E-state index in [1.807, 2.05) is 6.07 Å². The van der Waals surface area contributed by atoms with Crippen molar-refractivity contribution in [1.82, 2.24) is 14.3 Å². The molecule has 2 aliphatic heterocycles. The largest absolute Gasteiger partial charge is 0.508 e. The highest BCUT2D eigenvalue weighted by Gasteiger charge is 2.25. The summed E-state index contributed by atoms with van der Waals surface area (Å²) >= 11 is 0. The average Bonchev–Trinajstić information content (AvgIpc) is 3.04. The minimum atomic E-state index is -0.592. The van der Waals surface area contributed by atoms with Crippen LogP contribution in [0.5, 0.6) is 5.75 Å². The number of phenols is 1. The number of hydrogen-bond acceptors (Lipinski definition) is 5. The number of nitrogens with zero attached hydrogens (tertiary/aromatic N) is 3. The molecule has 0 saturated carbocycles. The van der Waals surface area contributed by atoms with Gasteiger partial charge in [0, 0.05) is 18.1 Å². The van der Waals surface area contributed by atoms with E-state index in [0.29, 0.717) is 11.4 Å². The number of methoxy groups -OCH3 is 1. The third-order valence-electron chi connectivity index (χ3n) is 4.22. The molecule has 27 heavy (non-hydrogen) atoms. The first-order valence-corrected chi connectivity index (χ1v) is 8.16. The summed E-state index contributed by atoms with van der Waals surface area (Å²) in [6.45, 7) is 0. The highest BCUT2D eigenvalue weighted by atomic mass is 16.5. The molecular formula is C20H15N3O4. The van der Waals surface area contributed by atoms with Gasteiger partial charge in [0.15, 0.2) is 0 Å². The monoisotopic (exact) mass is 361 g/mol. The first kappa shape index (κ1) is 16.6. The number of para-hydroxylation sites is 1. The van der Waals surface area contributed by atoms with Crippen LogP contribution < -0.4 is 5.56 Å². The van der Waals surface area contributed by atoms with Gasteiger partial charge in [-0.1, -0.05) is 18.2 Å². The Hall–Kier alpha value is -3.87. The van der Waals surface area contributed by atoms with Crippen molar-refractivity contribution in [2.75, 3.05) is 7.11 Å². The third-order valence-corrected chi connectivity index (χ3v) is 4.22. The number of aromatic nitrogens is 3. The second-order valence-corrected chi connectivity index (χ2v) is 5.90. The molecular weight excluding hydrogens is 346 g/mol. The molecule has 0 saturated heterocycles. The molecule has 2 aromatic rings. The molecule has 0 atom stereocenters. The van der Waals surface area contributed by atoms with E-state index >= 15 is 0 Å². The van der Waals surface area contributed by atoms with Crippen LogP contribution in [-0.2, 0) is 4.74 Å². The molecule has 2 aromatic carbocycles. The van der Waals surface area contributed by atoms with Crippen LogP contribution in [-0.4, -0.2) is 32.5 Å². The van der Waals surface area contributed by atoms with Crippen molar-refractivity contribution in [1.29, 1.82) is 0 Å². The lowest BCUT2D eigenvalue weighted by atomic mass is 10.1. The number of carbonyl (C=O) groups is 1.